The lowest BCUT2D eigenvalue weighted by molar-refractivity contribution is 0.0774. The van der Waals surface area contributed by atoms with E-state index in [2.05, 4.69) is 25.8 Å². The number of aliphatic hydroxyl groups excluding tert-OH is 1. The van der Waals surface area contributed by atoms with E-state index in [0.717, 1.165) is 0 Å². The Labute approximate surface area is 125 Å². The molecule has 1 saturated heterocycles. The molecule has 0 unspecified atom stereocenters. The minimum Gasteiger partial charge on any atom is -0.477 e. The van der Waals surface area contributed by atoms with Crippen LogP contribution in [0, 0.1) is 17.8 Å². The molecule has 0 saturated carbocycles. The largest absolute Gasteiger partial charge is 0.477 e. The van der Waals surface area contributed by atoms with Crippen LogP contribution >= 0.6 is 0 Å². The number of rotatable bonds is 5. The minimum atomic E-state index is -0.0651. The zero-order chi connectivity index (χ0) is 15.4. The Morgan fingerprint density at radius 1 is 1.52 bits per heavy atom. The van der Waals surface area contributed by atoms with Crippen LogP contribution in [0.3, 0.4) is 0 Å². The van der Waals surface area contributed by atoms with Gasteiger partial charge in [-0.05, 0) is 24.0 Å². The second-order valence-electron chi connectivity index (χ2n) is 6.19. The van der Waals surface area contributed by atoms with Gasteiger partial charge in [-0.3, -0.25) is 4.79 Å². The Morgan fingerprint density at radius 2 is 2.29 bits per heavy atom. The van der Waals surface area contributed by atoms with Crippen molar-refractivity contribution in [3.63, 3.8) is 0 Å². The van der Waals surface area contributed by atoms with Crippen LogP contribution in [0.2, 0.25) is 0 Å². The number of carbonyl (C=O) groups is 1. The first-order valence-corrected chi connectivity index (χ1v) is 7.50. The van der Waals surface area contributed by atoms with Crippen LogP contribution in [-0.4, -0.2) is 47.2 Å². The molecule has 0 aromatic carbocycles. The fraction of sp³-hybridized carbons (Fsp3) is 0.625. The molecule has 5 nitrogen and oxygen atoms in total. The van der Waals surface area contributed by atoms with Gasteiger partial charge in [-0.15, -0.1) is 0 Å². The van der Waals surface area contributed by atoms with Gasteiger partial charge in [-0.2, -0.15) is 0 Å². The summed E-state index contributed by atoms with van der Waals surface area (Å²) in [6.07, 6.45) is 1.63. The van der Waals surface area contributed by atoms with Crippen molar-refractivity contribution in [2.45, 2.75) is 20.8 Å². The van der Waals surface area contributed by atoms with Crippen LogP contribution in [0.5, 0.6) is 5.88 Å². The number of likely N-dealkylation sites (tertiary alicyclic amines) is 1. The van der Waals surface area contributed by atoms with Gasteiger partial charge in [0.2, 0.25) is 5.88 Å². The maximum Gasteiger partial charge on any atom is 0.259 e. The van der Waals surface area contributed by atoms with Crippen molar-refractivity contribution in [2.75, 3.05) is 26.3 Å². The average Bonchev–Trinajstić information content (AvgIpc) is 2.85. The third-order valence-corrected chi connectivity index (χ3v) is 3.84. The van der Waals surface area contributed by atoms with Gasteiger partial charge in [0.25, 0.3) is 5.91 Å². The normalized spacial score (nSPS) is 21.9. The molecule has 1 N–H and O–H groups in total. The number of pyridine rings is 1. The fourth-order valence-corrected chi connectivity index (χ4v) is 2.52. The summed E-state index contributed by atoms with van der Waals surface area (Å²) in [5, 5.41) is 9.33. The van der Waals surface area contributed by atoms with Crippen LogP contribution < -0.4 is 4.74 Å². The van der Waals surface area contributed by atoms with Gasteiger partial charge in [0, 0.05) is 31.8 Å². The number of aliphatic hydroxyl groups is 1. The summed E-state index contributed by atoms with van der Waals surface area (Å²) >= 11 is 0. The molecular weight excluding hydrogens is 268 g/mol. The average molecular weight is 292 g/mol. The SMILES string of the molecule is CC(C)COc1ncccc1C(=O)N1C[C@@H](CO)[C@H](C)C1. The van der Waals surface area contributed by atoms with Crippen LogP contribution in [0.15, 0.2) is 18.3 Å². The van der Waals surface area contributed by atoms with Crippen molar-refractivity contribution in [3.05, 3.63) is 23.9 Å². The molecule has 0 spiro atoms. The van der Waals surface area contributed by atoms with E-state index in [4.69, 9.17) is 4.74 Å². The highest BCUT2D eigenvalue weighted by Gasteiger charge is 2.33. The van der Waals surface area contributed by atoms with Crippen molar-refractivity contribution < 1.29 is 14.6 Å². The topological polar surface area (TPSA) is 62.7 Å². The lowest BCUT2D eigenvalue weighted by atomic mass is 10.00. The monoisotopic (exact) mass is 292 g/mol. The van der Waals surface area contributed by atoms with Crippen LogP contribution in [-0.2, 0) is 0 Å². The van der Waals surface area contributed by atoms with E-state index in [-0.39, 0.29) is 18.4 Å². The van der Waals surface area contributed by atoms with Crippen molar-refractivity contribution in [3.8, 4) is 5.88 Å². The molecule has 1 aliphatic heterocycles. The fourth-order valence-electron chi connectivity index (χ4n) is 2.52. The zero-order valence-corrected chi connectivity index (χ0v) is 13.0. The number of hydrogen-bond acceptors (Lipinski definition) is 4. The Hall–Kier alpha value is -1.62. The predicted octanol–water partition coefficient (Wildman–Crippen LogP) is 1.82. The van der Waals surface area contributed by atoms with E-state index >= 15 is 0 Å². The second kappa shape index (κ2) is 6.89. The lowest BCUT2D eigenvalue weighted by Gasteiger charge is -2.18. The number of nitrogens with zero attached hydrogens (tertiary/aromatic N) is 2. The third-order valence-electron chi connectivity index (χ3n) is 3.84. The van der Waals surface area contributed by atoms with E-state index in [1.165, 1.54) is 0 Å². The van der Waals surface area contributed by atoms with Gasteiger partial charge >= 0.3 is 0 Å². The highest BCUT2D eigenvalue weighted by molar-refractivity contribution is 5.96. The molecule has 0 bridgehead atoms. The minimum absolute atomic E-state index is 0.0651. The summed E-state index contributed by atoms with van der Waals surface area (Å²) < 4.78 is 5.65. The van der Waals surface area contributed by atoms with Crippen molar-refractivity contribution in [2.24, 2.45) is 17.8 Å². The quantitative estimate of drug-likeness (QED) is 0.899. The lowest BCUT2D eigenvalue weighted by Crippen LogP contribution is -2.30. The molecular formula is C16H24N2O3. The van der Waals surface area contributed by atoms with Gasteiger partial charge in [0.1, 0.15) is 5.56 Å². The van der Waals surface area contributed by atoms with E-state index in [1.54, 1.807) is 23.2 Å². The summed E-state index contributed by atoms with van der Waals surface area (Å²) in [6, 6.07) is 3.50. The predicted molar refractivity (Wildman–Crippen MR) is 80.2 cm³/mol. The highest BCUT2D eigenvalue weighted by Crippen LogP contribution is 2.26. The van der Waals surface area contributed by atoms with Crippen LogP contribution in [0.1, 0.15) is 31.1 Å². The van der Waals surface area contributed by atoms with Gasteiger partial charge in [0.15, 0.2) is 0 Å². The molecule has 1 aromatic rings. The summed E-state index contributed by atoms with van der Waals surface area (Å²) in [5.74, 6) is 1.18. The Bertz CT molecular complexity index is 490. The molecule has 1 fully saturated rings. The second-order valence-corrected chi connectivity index (χ2v) is 6.19. The first-order chi connectivity index (χ1) is 10.0. The van der Waals surface area contributed by atoms with Gasteiger partial charge in [-0.25, -0.2) is 4.98 Å². The molecule has 0 radical (unpaired) electrons. The molecule has 2 rings (SSSR count). The van der Waals surface area contributed by atoms with Gasteiger partial charge < -0.3 is 14.7 Å². The molecule has 116 valence electrons. The smallest absolute Gasteiger partial charge is 0.259 e. The molecule has 1 amide bonds. The van der Waals surface area contributed by atoms with Gasteiger partial charge in [0.05, 0.1) is 6.61 Å². The van der Waals surface area contributed by atoms with E-state index in [1.807, 2.05) is 0 Å². The maximum absolute atomic E-state index is 12.6. The molecule has 1 aromatic heterocycles. The number of hydrogen-bond donors (Lipinski definition) is 1. The van der Waals surface area contributed by atoms with Crippen LogP contribution in [0.4, 0.5) is 0 Å². The highest BCUT2D eigenvalue weighted by atomic mass is 16.5. The van der Waals surface area contributed by atoms with Crippen molar-refractivity contribution in [1.29, 1.82) is 0 Å². The zero-order valence-electron chi connectivity index (χ0n) is 13.0. The van der Waals surface area contributed by atoms with E-state index < -0.39 is 0 Å². The maximum atomic E-state index is 12.6. The summed E-state index contributed by atoms with van der Waals surface area (Å²) in [7, 11) is 0. The van der Waals surface area contributed by atoms with Crippen molar-refractivity contribution >= 4 is 5.91 Å². The third kappa shape index (κ3) is 3.73. The number of carbonyl (C=O) groups excluding carboxylic acids is 1. The Kier molecular flexibility index (Phi) is 5.17. The van der Waals surface area contributed by atoms with Gasteiger partial charge in [-0.1, -0.05) is 20.8 Å². The Balaban J connectivity index is 2.12. The first-order valence-electron chi connectivity index (χ1n) is 7.50. The standard InChI is InChI=1S/C16H24N2O3/c1-11(2)10-21-15-14(5-4-6-17-15)16(20)18-7-12(3)13(8-18)9-19/h4-6,11-13,19H,7-10H2,1-3H3/t12-,13+/m1/s1. The summed E-state index contributed by atoms with van der Waals surface area (Å²) in [5.41, 5.74) is 0.504. The molecule has 21 heavy (non-hydrogen) atoms. The summed E-state index contributed by atoms with van der Waals surface area (Å²) in [4.78, 5) is 18.6. The van der Waals surface area contributed by atoms with Crippen LogP contribution in [0.25, 0.3) is 0 Å². The molecule has 1 aliphatic rings. The molecule has 0 aliphatic carbocycles. The molecule has 2 heterocycles. The molecule has 5 heteroatoms. The van der Waals surface area contributed by atoms with E-state index in [9.17, 15) is 9.90 Å². The number of ether oxygens (including phenoxy) is 1. The first kappa shape index (κ1) is 15.8. The van der Waals surface area contributed by atoms with E-state index in [0.29, 0.717) is 43.0 Å². The van der Waals surface area contributed by atoms with Crippen molar-refractivity contribution in [1.82, 2.24) is 9.88 Å². The Morgan fingerprint density at radius 3 is 2.90 bits per heavy atom. The molecule has 2 atom stereocenters. The number of amides is 1. The number of aromatic nitrogens is 1. The summed E-state index contributed by atoms with van der Waals surface area (Å²) in [6.45, 7) is 8.09.